The van der Waals surface area contributed by atoms with Gasteiger partial charge >= 0.3 is 0 Å². The second-order valence-electron chi connectivity index (χ2n) is 3.49. The minimum atomic E-state index is -0.586. The zero-order valence-corrected chi connectivity index (χ0v) is 8.44. The van der Waals surface area contributed by atoms with Crippen LogP contribution in [0, 0.1) is 0 Å². The molecule has 1 aliphatic carbocycles. The van der Waals surface area contributed by atoms with Gasteiger partial charge in [0.05, 0.1) is 0 Å². The van der Waals surface area contributed by atoms with Gasteiger partial charge in [-0.2, -0.15) is 0 Å². The van der Waals surface area contributed by atoms with Crippen LogP contribution in [0.5, 0.6) is 0 Å². The SMILES string of the molecule is NCCCS(=O)C1CCCCC1. The Balaban J connectivity index is 2.20. The van der Waals surface area contributed by atoms with E-state index in [0.717, 1.165) is 12.2 Å². The van der Waals surface area contributed by atoms with Crippen LogP contribution < -0.4 is 5.73 Å². The highest BCUT2D eigenvalue weighted by Crippen LogP contribution is 2.22. The summed E-state index contributed by atoms with van der Waals surface area (Å²) in [5, 5.41) is 0.491. The third-order valence-corrected chi connectivity index (χ3v) is 4.38. The van der Waals surface area contributed by atoms with E-state index in [2.05, 4.69) is 0 Å². The lowest BCUT2D eigenvalue weighted by molar-refractivity contribution is 0.504. The first kappa shape index (κ1) is 10.2. The van der Waals surface area contributed by atoms with Gasteiger partial charge in [-0.3, -0.25) is 4.21 Å². The molecule has 0 saturated heterocycles. The lowest BCUT2D eigenvalue weighted by Gasteiger charge is -2.20. The smallest absolute Gasteiger partial charge is 0.0348 e. The first-order valence-corrected chi connectivity index (χ1v) is 6.30. The van der Waals surface area contributed by atoms with Gasteiger partial charge in [-0.15, -0.1) is 0 Å². The Morgan fingerprint density at radius 3 is 2.50 bits per heavy atom. The summed E-state index contributed by atoms with van der Waals surface area (Å²) in [7, 11) is -0.586. The van der Waals surface area contributed by atoms with E-state index in [1.54, 1.807) is 0 Å². The van der Waals surface area contributed by atoms with Crippen molar-refractivity contribution in [1.82, 2.24) is 0 Å². The van der Waals surface area contributed by atoms with Gasteiger partial charge in [0, 0.05) is 21.8 Å². The first-order chi connectivity index (χ1) is 5.84. The Hall–Kier alpha value is 0.110. The summed E-state index contributed by atoms with van der Waals surface area (Å²) in [4.78, 5) is 0. The maximum absolute atomic E-state index is 11.6. The van der Waals surface area contributed by atoms with Gasteiger partial charge in [0.15, 0.2) is 0 Å². The lowest BCUT2D eigenvalue weighted by atomic mass is 10.0. The molecule has 72 valence electrons. The number of rotatable bonds is 4. The van der Waals surface area contributed by atoms with Crippen LogP contribution in [0.15, 0.2) is 0 Å². The van der Waals surface area contributed by atoms with Crippen LogP contribution in [-0.2, 0) is 10.8 Å². The quantitative estimate of drug-likeness (QED) is 0.726. The Morgan fingerprint density at radius 2 is 1.92 bits per heavy atom. The second kappa shape index (κ2) is 5.70. The van der Waals surface area contributed by atoms with Crippen molar-refractivity contribution in [2.45, 2.75) is 43.8 Å². The molecule has 1 saturated carbocycles. The van der Waals surface area contributed by atoms with E-state index in [1.165, 1.54) is 32.1 Å². The summed E-state index contributed by atoms with van der Waals surface area (Å²) in [6, 6.07) is 0. The minimum absolute atomic E-state index is 0.491. The molecule has 1 rings (SSSR count). The predicted octanol–water partition coefficient (Wildman–Crippen LogP) is 1.42. The van der Waals surface area contributed by atoms with Crippen molar-refractivity contribution in [3.8, 4) is 0 Å². The summed E-state index contributed by atoms with van der Waals surface area (Å²) >= 11 is 0. The van der Waals surface area contributed by atoms with Crippen LogP contribution in [0.25, 0.3) is 0 Å². The monoisotopic (exact) mass is 189 g/mol. The van der Waals surface area contributed by atoms with E-state index in [-0.39, 0.29) is 0 Å². The molecule has 12 heavy (non-hydrogen) atoms. The minimum Gasteiger partial charge on any atom is -0.330 e. The number of hydrogen-bond acceptors (Lipinski definition) is 2. The lowest BCUT2D eigenvalue weighted by Crippen LogP contribution is -2.21. The van der Waals surface area contributed by atoms with Crippen LogP contribution in [0.3, 0.4) is 0 Å². The molecule has 2 N–H and O–H groups in total. The van der Waals surface area contributed by atoms with Crippen molar-refractivity contribution in [2.24, 2.45) is 5.73 Å². The van der Waals surface area contributed by atoms with Crippen LogP contribution in [0.4, 0.5) is 0 Å². The fraction of sp³-hybridized carbons (Fsp3) is 1.00. The molecule has 0 aromatic rings. The molecule has 0 aromatic heterocycles. The highest BCUT2D eigenvalue weighted by atomic mass is 32.2. The average Bonchev–Trinajstić information content (AvgIpc) is 2.15. The van der Waals surface area contributed by atoms with Crippen molar-refractivity contribution in [3.05, 3.63) is 0 Å². The van der Waals surface area contributed by atoms with Gasteiger partial charge < -0.3 is 5.73 Å². The van der Waals surface area contributed by atoms with E-state index in [9.17, 15) is 4.21 Å². The Labute approximate surface area is 77.4 Å². The molecule has 1 fully saturated rings. The average molecular weight is 189 g/mol. The largest absolute Gasteiger partial charge is 0.330 e. The maximum atomic E-state index is 11.6. The summed E-state index contributed by atoms with van der Waals surface area (Å²) < 4.78 is 11.6. The molecular weight excluding hydrogens is 170 g/mol. The molecule has 2 nitrogen and oxygen atoms in total. The Morgan fingerprint density at radius 1 is 1.25 bits per heavy atom. The van der Waals surface area contributed by atoms with E-state index in [4.69, 9.17) is 5.73 Å². The third kappa shape index (κ3) is 3.23. The molecule has 0 spiro atoms. The van der Waals surface area contributed by atoms with Gasteiger partial charge in [-0.25, -0.2) is 0 Å². The standard InChI is InChI=1S/C9H19NOS/c10-7-4-8-12(11)9-5-2-1-3-6-9/h9H,1-8,10H2. The van der Waals surface area contributed by atoms with Crippen LogP contribution in [-0.4, -0.2) is 21.8 Å². The topological polar surface area (TPSA) is 43.1 Å². The first-order valence-electron chi connectivity index (χ1n) is 4.92. The van der Waals surface area contributed by atoms with Crippen molar-refractivity contribution in [2.75, 3.05) is 12.3 Å². The molecule has 3 heteroatoms. The second-order valence-corrected chi connectivity index (χ2v) is 5.32. The van der Waals surface area contributed by atoms with Crippen molar-refractivity contribution in [3.63, 3.8) is 0 Å². The molecule has 1 unspecified atom stereocenters. The summed E-state index contributed by atoms with van der Waals surface area (Å²) in [5.41, 5.74) is 5.37. The van der Waals surface area contributed by atoms with Crippen LogP contribution in [0.1, 0.15) is 38.5 Å². The van der Waals surface area contributed by atoms with Gasteiger partial charge in [-0.05, 0) is 25.8 Å². The van der Waals surface area contributed by atoms with Crippen molar-refractivity contribution in [1.29, 1.82) is 0 Å². The number of nitrogens with two attached hydrogens (primary N) is 1. The normalized spacial score (nSPS) is 22.4. The molecule has 1 aliphatic rings. The Bertz CT molecular complexity index is 143. The highest BCUT2D eigenvalue weighted by Gasteiger charge is 2.18. The third-order valence-electron chi connectivity index (χ3n) is 2.47. The molecule has 0 heterocycles. The molecule has 0 bridgehead atoms. The van der Waals surface area contributed by atoms with E-state index < -0.39 is 10.8 Å². The van der Waals surface area contributed by atoms with Gasteiger partial charge in [-0.1, -0.05) is 19.3 Å². The molecular formula is C9H19NOS. The van der Waals surface area contributed by atoms with E-state index in [0.29, 0.717) is 11.8 Å². The summed E-state index contributed by atoms with van der Waals surface area (Å²) in [5.74, 6) is 0.821. The predicted molar refractivity (Wildman–Crippen MR) is 53.6 cm³/mol. The maximum Gasteiger partial charge on any atom is 0.0348 e. The summed E-state index contributed by atoms with van der Waals surface area (Å²) in [6.45, 7) is 0.679. The molecule has 1 atom stereocenters. The molecule has 0 aromatic carbocycles. The molecule has 0 aliphatic heterocycles. The van der Waals surface area contributed by atoms with Crippen molar-refractivity contribution < 1.29 is 4.21 Å². The van der Waals surface area contributed by atoms with Gasteiger partial charge in [0.1, 0.15) is 0 Å². The summed E-state index contributed by atoms with van der Waals surface area (Å²) in [6.07, 6.45) is 7.17. The fourth-order valence-electron chi connectivity index (χ4n) is 1.72. The highest BCUT2D eigenvalue weighted by molar-refractivity contribution is 7.85. The molecule has 0 amide bonds. The Kier molecular flexibility index (Phi) is 4.84. The van der Waals surface area contributed by atoms with E-state index >= 15 is 0 Å². The van der Waals surface area contributed by atoms with E-state index in [1.807, 2.05) is 0 Å². The van der Waals surface area contributed by atoms with Gasteiger partial charge in [0.25, 0.3) is 0 Å². The van der Waals surface area contributed by atoms with Crippen molar-refractivity contribution >= 4 is 10.8 Å². The fourth-order valence-corrected chi connectivity index (χ4v) is 3.36. The van der Waals surface area contributed by atoms with Crippen LogP contribution >= 0.6 is 0 Å². The number of hydrogen-bond donors (Lipinski definition) is 1. The molecule has 0 radical (unpaired) electrons. The zero-order chi connectivity index (χ0) is 8.81. The van der Waals surface area contributed by atoms with Gasteiger partial charge in [0.2, 0.25) is 0 Å². The van der Waals surface area contributed by atoms with Crippen LogP contribution in [0.2, 0.25) is 0 Å². The zero-order valence-electron chi connectivity index (χ0n) is 7.63.